The minimum Gasteiger partial charge on any atom is -0.381 e. The number of rotatable bonds is 9. The molecule has 0 bridgehead atoms. The fourth-order valence-electron chi connectivity index (χ4n) is 5.87. The molecule has 2 N–H and O–H groups in total. The molecule has 0 spiro atoms. The predicted octanol–water partition coefficient (Wildman–Crippen LogP) is 2.69. The number of aromatic nitrogens is 5. The normalized spacial score (nSPS) is 16.4. The first-order valence-corrected chi connectivity index (χ1v) is 16.8. The molecule has 238 valence electrons. The van der Waals surface area contributed by atoms with Crippen LogP contribution < -0.4 is 21.1 Å². The summed E-state index contributed by atoms with van der Waals surface area (Å²) in [5, 5.41) is 10.4. The predicted molar refractivity (Wildman–Crippen MR) is 172 cm³/mol. The quantitative estimate of drug-likeness (QED) is 0.261. The molecule has 2 saturated heterocycles. The summed E-state index contributed by atoms with van der Waals surface area (Å²) in [4.78, 5) is 39.2. The van der Waals surface area contributed by atoms with Crippen LogP contribution in [-0.4, -0.2) is 82.6 Å². The number of fused-ring (bicyclic) bond motifs is 1. The van der Waals surface area contributed by atoms with Crippen molar-refractivity contribution >= 4 is 44.2 Å². The number of anilines is 3. The van der Waals surface area contributed by atoms with Crippen molar-refractivity contribution in [3.8, 4) is 0 Å². The topological polar surface area (TPSA) is 153 Å². The molecule has 0 amide bonds. The largest absolute Gasteiger partial charge is 0.381 e. The minimum atomic E-state index is -3.80. The Morgan fingerprint density at radius 1 is 1.13 bits per heavy atom. The molecule has 2 aliphatic rings. The van der Waals surface area contributed by atoms with Gasteiger partial charge in [0, 0.05) is 68.3 Å². The second-order valence-electron chi connectivity index (χ2n) is 11.8. The molecular weight excluding hydrogens is 596 g/mol. The monoisotopic (exact) mass is 634 g/mol. The lowest BCUT2D eigenvalue weighted by Gasteiger charge is -2.30. The van der Waals surface area contributed by atoms with Crippen molar-refractivity contribution in [1.82, 2.24) is 29.0 Å². The minimum absolute atomic E-state index is 0.0237. The Kier molecular flexibility index (Phi) is 8.71. The number of pyridine rings is 1. The van der Waals surface area contributed by atoms with Crippen LogP contribution in [0, 0.1) is 12.8 Å². The zero-order valence-corrected chi connectivity index (χ0v) is 26.5. The van der Waals surface area contributed by atoms with Crippen LogP contribution in [0.3, 0.4) is 0 Å². The Hall–Kier alpha value is -4.14. The summed E-state index contributed by atoms with van der Waals surface area (Å²) in [7, 11) is -3.80. The van der Waals surface area contributed by atoms with Crippen LogP contribution in [0.25, 0.3) is 11.0 Å². The Bertz CT molecular complexity index is 1890. The SMILES string of the molecule is Cc1cc(Nc2ncc3cc(C(=O)C4CCOCC4)c(=O)n(Cc4ccnn4S(=O)(=O)C(C)C)c3n2)ccc1N1CCNCC1. The maximum Gasteiger partial charge on any atom is 0.263 e. The number of piperazine rings is 1. The van der Waals surface area contributed by atoms with E-state index in [2.05, 4.69) is 38.6 Å². The highest BCUT2D eigenvalue weighted by molar-refractivity contribution is 7.90. The average molecular weight is 635 g/mol. The number of hydrogen-bond acceptors (Lipinski definition) is 11. The summed E-state index contributed by atoms with van der Waals surface area (Å²) < 4.78 is 33.8. The third kappa shape index (κ3) is 6.22. The standard InChI is InChI=1S/C31H38N8O5S/c1-20(2)45(42,43)39-25(6-9-34-39)19-38-29-23(17-26(30(38)41)28(40)22-7-14-44-15-8-22)18-33-31(36-29)35-24-4-5-27(21(3)16-24)37-12-10-32-11-13-37/h4-6,9,16-18,20,22,32H,7-8,10-15,19H2,1-3H3,(H,33,35,36). The second kappa shape index (κ2) is 12.7. The second-order valence-corrected chi connectivity index (χ2v) is 14.1. The first-order chi connectivity index (χ1) is 21.6. The van der Waals surface area contributed by atoms with E-state index in [4.69, 9.17) is 9.72 Å². The highest BCUT2D eigenvalue weighted by atomic mass is 32.2. The van der Waals surface area contributed by atoms with E-state index in [1.807, 2.05) is 12.1 Å². The van der Waals surface area contributed by atoms with Crippen LogP contribution in [0.1, 0.15) is 48.3 Å². The maximum atomic E-state index is 14.0. The van der Waals surface area contributed by atoms with Gasteiger partial charge in [0.05, 0.1) is 29.2 Å². The number of benzene rings is 1. The number of hydrogen-bond donors (Lipinski definition) is 2. The van der Waals surface area contributed by atoms with Gasteiger partial charge >= 0.3 is 0 Å². The van der Waals surface area contributed by atoms with Crippen LogP contribution >= 0.6 is 0 Å². The zero-order valence-electron chi connectivity index (χ0n) is 25.7. The fraction of sp³-hybridized carbons (Fsp3) is 0.452. The first kappa shape index (κ1) is 30.9. The molecule has 0 radical (unpaired) electrons. The van der Waals surface area contributed by atoms with Gasteiger partial charge in [-0.25, -0.2) is 13.4 Å². The van der Waals surface area contributed by atoms with Gasteiger partial charge in [0.25, 0.3) is 15.6 Å². The molecule has 0 aliphatic carbocycles. The molecule has 6 rings (SSSR count). The molecule has 2 fully saturated rings. The van der Waals surface area contributed by atoms with Crippen LogP contribution in [0.2, 0.25) is 0 Å². The Balaban J connectivity index is 1.40. The number of carbonyl (C=O) groups is 1. The summed E-state index contributed by atoms with van der Waals surface area (Å²) in [6.45, 7) is 9.72. The van der Waals surface area contributed by atoms with Crippen LogP contribution in [-0.2, 0) is 21.3 Å². The van der Waals surface area contributed by atoms with Gasteiger partial charge in [-0.05, 0) is 69.5 Å². The number of ether oxygens (including phenoxy) is 1. The number of carbonyl (C=O) groups excluding carboxylic acids is 1. The molecule has 45 heavy (non-hydrogen) atoms. The fourth-order valence-corrected chi connectivity index (χ4v) is 6.90. The molecule has 3 aromatic heterocycles. The lowest BCUT2D eigenvalue weighted by atomic mass is 9.91. The van der Waals surface area contributed by atoms with E-state index in [0.29, 0.717) is 31.4 Å². The Morgan fingerprint density at radius 2 is 1.89 bits per heavy atom. The van der Waals surface area contributed by atoms with E-state index < -0.39 is 20.8 Å². The molecule has 5 heterocycles. The van der Waals surface area contributed by atoms with Gasteiger partial charge in [-0.1, -0.05) is 0 Å². The highest BCUT2D eigenvalue weighted by Gasteiger charge is 2.28. The van der Waals surface area contributed by atoms with E-state index >= 15 is 0 Å². The molecule has 4 aromatic rings. The number of Topliss-reactive ketones (excluding diaryl/α,β-unsaturated/α-hetero) is 1. The summed E-state index contributed by atoms with van der Waals surface area (Å²) >= 11 is 0. The molecule has 0 saturated carbocycles. The number of ketones is 1. The molecule has 0 unspecified atom stereocenters. The lowest BCUT2D eigenvalue weighted by molar-refractivity contribution is 0.0543. The molecular formula is C31H38N8O5S. The summed E-state index contributed by atoms with van der Waals surface area (Å²) in [5.41, 5.74) is 3.08. The van der Waals surface area contributed by atoms with Gasteiger partial charge in [0.1, 0.15) is 5.65 Å². The summed E-state index contributed by atoms with van der Waals surface area (Å²) in [6.07, 6.45) is 4.02. The van der Waals surface area contributed by atoms with Crippen molar-refractivity contribution in [2.75, 3.05) is 49.6 Å². The number of aryl methyl sites for hydroxylation is 1. The van der Waals surface area contributed by atoms with Gasteiger partial charge < -0.3 is 20.3 Å². The van der Waals surface area contributed by atoms with Crippen molar-refractivity contribution in [3.63, 3.8) is 0 Å². The van der Waals surface area contributed by atoms with Gasteiger partial charge in [-0.15, -0.1) is 0 Å². The van der Waals surface area contributed by atoms with Gasteiger partial charge in [-0.2, -0.15) is 14.2 Å². The van der Waals surface area contributed by atoms with Gasteiger partial charge in [0.2, 0.25) is 5.95 Å². The van der Waals surface area contributed by atoms with E-state index in [0.717, 1.165) is 41.5 Å². The van der Waals surface area contributed by atoms with Crippen molar-refractivity contribution in [2.45, 2.75) is 45.4 Å². The van der Waals surface area contributed by atoms with Crippen molar-refractivity contribution in [3.05, 3.63) is 69.9 Å². The third-order valence-electron chi connectivity index (χ3n) is 8.44. The summed E-state index contributed by atoms with van der Waals surface area (Å²) in [5.74, 6) is -0.334. The Labute approximate surface area is 261 Å². The number of nitrogens with one attached hydrogen (secondary N) is 2. The Morgan fingerprint density at radius 3 is 2.60 bits per heavy atom. The zero-order chi connectivity index (χ0) is 31.7. The van der Waals surface area contributed by atoms with Crippen molar-refractivity contribution in [2.24, 2.45) is 5.92 Å². The summed E-state index contributed by atoms with van der Waals surface area (Å²) in [6, 6.07) is 9.17. The van der Waals surface area contributed by atoms with Gasteiger partial charge in [-0.3, -0.25) is 14.2 Å². The third-order valence-corrected chi connectivity index (χ3v) is 10.4. The average Bonchev–Trinajstić information content (AvgIpc) is 3.52. The molecule has 14 heteroatoms. The lowest BCUT2D eigenvalue weighted by Crippen LogP contribution is -2.43. The van der Waals surface area contributed by atoms with Crippen LogP contribution in [0.4, 0.5) is 17.3 Å². The van der Waals surface area contributed by atoms with Crippen LogP contribution in [0.15, 0.2) is 47.5 Å². The first-order valence-electron chi connectivity index (χ1n) is 15.3. The van der Waals surface area contributed by atoms with E-state index in [9.17, 15) is 18.0 Å². The van der Waals surface area contributed by atoms with E-state index in [1.54, 1.807) is 32.2 Å². The van der Waals surface area contributed by atoms with E-state index in [-0.39, 0.29) is 41.1 Å². The van der Waals surface area contributed by atoms with Gasteiger partial charge in [0.15, 0.2) is 5.78 Å². The highest BCUT2D eigenvalue weighted by Crippen LogP contribution is 2.26. The molecule has 1 aromatic carbocycles. The van der Waals surface area contributed by atoms with Crippen molar-refractivity contribution in [1.29, 1.82) is 0 Å². The molecule has 0 atom stereocenters. The number of nitrogens with zero attached hydrogens (tertiary/aromatic N) is 6. The molecule has 2 aliphatic heterocycles. The maximum absolute atomic E-state index is 14.0. The van der Waals surface area contributed by atoms with Crippen molar-refractivity contribution < 1.29 is 17.9 Å². The smallest absolute Gasteiger partial charge is 0.263 e. The van der Waals surface area contributed by atoms with E-state index in [1.165, 1.54) is 16.5 Å². The van der Waals surface area contributed by atoms with Crippen LogP contribution in [0.5, 0.6) is 0 Å². The molecule has 13 nitrogen and oxygen atoms in total.